The molecular formula is C13H13BrN4O2. The van der Waals surface area contributed by atoms with Gasteiger partial charge in [-0.2, -0.15) is 0 Å². The fraction of sp³-hybridized carbons (Fsp3) is 0.231. The lowest BCUT2D eigenvalue weighted by molar-refractivity contribution is -0.385. The van der Waals surface area contributed by atoms with Crippen LogP contribution in [0.25, 0.3) is 0 Å². The Balaban J connectivity index is 2.19. The number of nitrogens with one attached hydrogen (secondary N) is 1. The van der Waals surface area contributed by atoms with Gasteiger partial charge in [-0.25, -0.2) is 9.97 Å². The van der Waals surface area contributed by atoms with Gasteiger partial charge in [-0.15, -0.1) is 0 Å². The molecule has 0 fully saturated rings. The van der Waals surface area contributed by atoms with Crippen LogP contribution in [0.15, 0.2) is 28.9 Å². The van der Waals surface area contributed by atoms with Crippen LogP contribution in [0.3, 0.4) is 0 Å². The van der Waals surface area contributed by atoms with Gasteiger partial charge in [0, 0.05) is 24.2 Å². The van der Waals surface area contributed by atoms with Crippen LogP contribution in [0.5, 0.6) is 0 Å². The van der Waals surface area contributed by atoms with E-state index in [1.54, 1.807) is 26.0 Å². The summed E-state index contributed by atoms with van der Waals surface area (Å²) in [5.74, 6) is 1.33. The van der Waals surface area contributed by atoms with Gasteiger partial charge in [-0.05, 0) is 35.3 Å². The zero-order valence-corrected chi connectivity index (χ0v) is 12.6. The lowest BCUT2D eigenvalue weighted by Crippen LogP contribution is -2.05. The van der Waals surface area contributed by atoms with Crippen LogP contribution < -0.4 is 5.32 Å². The highest BCUT2D eigenvalue weighted by atomic mass is 79.9. The van der Waals surface area contributed by atoms with Gasteiger partial charge in [0.2, 0.25) is 0 Å². The molecule has 0 amide bonds. The van der Waals surface area contributed by atoms with E-state index in [4.69, 9.17) is 0 Å². The van der Waals surface area contributed by atoms with E-state index in [2.05, 4.69) is 31.2 Å². The molecule has 1 N–H and O–H groups in total. The number of aryl methyl sites for hydroxylation is 1. The number of aromatic nitrogens is 2. The molecule has 0 aliphatic carbocycles. The van der Waals surface area contributed by atoms with Crippen molar-refractivity contribution in [2.45, 2.75) is 20.4 Å². The number of nitrogens with zero attached hydrogens (tertiary/aromatic N) is 3. The Morgan fingerprint density at radius 2 is 2.10 bits per heavy atom. The molecule has 2 rings (SSSR count). The second-order valence-corrected chi connectivity index (χ2v) is 5.11. The summed E-state index contributed by atoms with van der Waals surface area (Å²) in [6.45, 7) is 4.02. The minimum absolute atomic E-state index is 0.129. The number of benzene rings is 1. The summed E-state index contributed by atoms with van der Waals surface area (Å²) < 4.78 is 0.697. The third-order valence-electron chi connectivity index (χ3n) is 2.88. The molecule has 0 saturated carbocycles. The molecule has 104 valence electrons. The Labute approximate surface area is 124 Å². The lowest BCUT2D eigenvalue weighted by Gasteiger charge is -2.09. The maximum absolute atomic E-state index is 10.9. The molecule has 2 aromatic rings. The standard InChI is InChI=1S/C13H13BrN4O2/c1-8-10(4-3-5-11(8)18(19)20)7-15-13-6-12(14)16-9(2)17-13/h3-6H,7H2,1-2H3,(H,15,16,17). The van der Waals surface area contributed by atoms with Gasteiger partial charge in [0.1, 0.15) is 16.2 Å². The van der Waals surface area contributed by atoms with E-state index in [1.807, 2.05) is 6.07 Å². The predicted molar refractivity (Wildman–Crippen MR) is 79.6 cm³/mol. The minimum atomic E-state index is -0.371. The van der Waals surface area contributed by atoms with Gasteiger partial charge >= 0.3 is 0 Å². The molecule has 0 aliphatic heterocycles. The number of nitro benzene ring substituents is 1. The quantitative estimate of drug-likeness (QED) is 0.525. The number of nitro groups is 1. The average molecular weight is 337 g/mol. The zero-order chi connectivity index (χ0) is 14.7. The Morgan fingerprint density at radius 1 is 1.35 bits per heavy atom. The molecule has 0 aliphatic rings. The molecule has 0 atom stereocenters. The van der Waals surface area contributed by atoms with Crippen molar-refractivity contribution in [3.05, 3.63) is 55.9 Å². The van der Waals surface area contributed by atoms with Crippen LogP contribution in [0.4, 0.5) is 11.5 Å². The van der Waals surface area contributed by atoms with Crippen molar-refractivity contribution in [2.75, 3.05) is 5.32 Å². The Morgan fingerprint density at radius 3 is 2.75 bits per heavy atom. The summed E-state index contributed by atoms with van der Waals surface area (Å²) in [5, 5.41) is 14.0. The van der Waals surface area contributed by atoms with Gasteiger partial charge in [-0.3, -0.25) is 10.1 Å². The second-order valence-electron chi connectivity index (χ2n) is 4.30. The van der Waals surface area contributed by atoms with Crippen LogP contribution in [0.1, 0.15) is 17.0 Å². The zero-order valence-electron chi connectivity index (χ0n) is 11.1. The molecule has 1 aromatic heterocycles. The molecule has 1 heterocycles. The first-order valence-corrected chi connectivity index (χ1v) is 6.74. The molecule has 6 nitrogen and oxygen atoms in total. The summed E-state index contributed by atoms with van der Waals surface area (Å²) in [6, 6.07) is 6.81. The number of anilines is 1. The molecule has 1 aromatic carbocycles. The molecule has 20 heavy (non-hydrogen) atoms. The van der Waals surface area contributed by atoms with Crippen molar-refractivity contribution in [2.24, 2.45) is 0 Å². The monoisotopic (exact) mass is 336 g/mol. The van der Waals surface area contributed by atoms with E-state index in [-0.39, 0.29) is 10.6 Å². The van der Waals surface area contributed by atoms with Crippen molar-refractivity contribution in [1.82, 2.24) is 9.97 Å². The highest BCUT2D eigenvalue weighted by Crippen LogP contribution is 2.22. The van der Waals surface area contributed by atoms with Crippen molar-refractivity contribution >= 4 is 27.4 Å². The second kappa shape index (κ2) is 5.96. The van der Waals surface area contributed by atoms with E-state index in [0.29, 0.717) is 28.4 Å². The van der Waals surface area contributed by atoms with E-state index in [0.717, 1.165) is 5.56 Å². The molecule has 0 unspecified atom stereocenters. The Kier molecular flexibility index (Phi) is 4.29. The van der Waals surface area contributed by atoms with Gasteiger partial charge in [0.05, 0.1) is 4.92 Å². The maximum Gasteiger partial charge on any atom is 0.272 e. The molecule has 0 saturated heterocycles. The van der Waals surface area contributed by atoms with Gasteiger partial charge in [0.15, 0.2) is 0 Å². The summed E-state index contributed by atoms with van der Waals surface area (Å²) in [6.07, 6.45) is 0. The molecule has 7 heteroatoms. The topological polar surface area (TPSA) is 81.0 Å². The third kappa shape index (κ3) is 3.30. The fourth-order valence-electron chi connectivity index (χ4n) is 1.87. The average Bonchev–Trinajstić information content (AvgIpc) is 2.36. The first kappa shape index (κ1) is 14.4. The minimum Gasteiger partial charge on any atom is -0.366 e. The first-order chi connectivity index (χ1) is 9.47. The maximum atomic E-state index is 10.9. The van der Waals surface area contributed by atoms with Crippen LogP contribution in [0.2, 0.25) is 0 Å². The largest absolute Gasteiger partial charge is 0.366 e. The SMILES string of the molecule is Cc1nc(Br)cc(NCc2cccc([N+](=O)[O-])c2C)n1. The predicted octanol–water partition coefficient (Wildman–Crippen LogP) is 3.38. The Hall–Kier alpha value is -2.02. The highest BCUT2D eigenvalue weighted by Gasteiger charge is 2.12. The number of halogens is 1. The summed E-state index contributed by atoms with van der Waals surface area (Å²) in [7, 11) is 0. The highest BCUT2D eigenvalue weighted by molar-refractivity contribution is 9.10. The smallest absolute Gasteiger partial charge is 0.272 e. The molecule has 0 radical (unpaired) electrons. The normalized spacial score (nSPS) is 10.3. The molecule has 0 bridgehead atoms. The summed E-state index contributed by atoms with van der Waals surface area (Å²) in [4.78, 5) is 18.9. The summed E-state index contributed by atoms with van der Waals surface area (Å²) in [5.41, 5.74) is 1.66. The van der Waals surface area contributed by atoms with Crippen LogP contribution in [0, 0.1) is 24.0 Å². The summed E-state index contributed by atoms with van der Waals surface area (Å²) >= 11 is 3.30. The van der Waals surface area contributed by atoms with Gasteiger partial charge in [-0.1, -0.05) is 12.1 Å². The van der Waals surface area contributed by atoms with Crippen molar-refractivity contribution < 1.29 is 4.92 Å². The number of hydrogen-bond donors (Lipinski definition) is 1. The van der Waals surface area contributed by atoms with Gasteiger partial charge in [0.25, 0.3) is 5.69 Å². The van der Waals surface area contributed by atoms with Crippen molar-refractivity contribution in [1.29, 1.82) is 0 Å². The number of rotatable bonds is 4. The van der Waals surface area contributed by atoms with Crippen LogP contribution >= 0.6 is 15.9 Å². The lowest BCUT2D eigenvalue weighted by atomic mass is 10.1. The van der Waals surface area contributed by atoms with E-state index >= 15 is 0 Å². The Bertz CT molecular complexity index is 641. The molecular weight excluding hydrogens is 324 g/mol. The fourth-order valence-corrected chi connectivity index (χ4v) is 2.34. The van der Waals surface area contributed by atoms with E-state index in [9.17, 15) is 10.1 Å². The van der Waals surface area contributed by atoms with Crippen molar-refractivity contribution in [3.63, 3.8) is 0 Å². The van der Waals surface area contributed by atoms with Crippen LogP contribution in [-0.2, 0) is 6.54 Å². The van der Waals surface area contributed by atoms with Gasteiger partial charge < -0.3 is 5.32 Å². The van der Waals surface area contributed by atoms with E-state index in [1.165, 1.54) is 6.07 Å². The van der Waals surface area contributed by atoms with Crippen molar-refractivity contribution in [3.8, 4) is 0 Å². The third-order valence-corrected chi connectivity index (χ3v) is 3.29. The van der Waals surface area contributed by atoms with Crippen LogP contribution in [-0.4, -0.2) is 14.9 Å². The first-order valence-electron chi connectivity index (χ1n) is 5.95. The van der Waals surface area contributed by atoms with E-state index < -0.39 is 0 Å². The molecule has 0 spiro atoms. The number of hydrogen-bond acceptors (Lipinski definition) is 5.